The quantitative estimate of drug-likeness (QED) is 0.565. The van der Waals surface area contributed by atoms with Gasteiger partial charge in [-0.1, -0.05) is 11.6 Å². The zero-order valence-corrected chi connectivity index (χ0v) is 9.29. The lowest BCUT2D eigenvalue weighted by atomic mass is 9.90. The Morgan fingerprint density at radius 1 is 1.60 bits per heavy atom. The normalized spacial score (nSPS) is 26.7. The summed E-state index contributed by atoms with van der Waals surface area (Å²) in [6, 6.07) is 0. The minimum absolute atomic E-state index is 0.00523. The van der Waals surface area contributed by atoms with Crippen LogP contribution >= 0.6 is 0 Å². The largest absolute Gasteiger partial charge is 0.465 e. The van der Waals surface area contributed by atoms with Crippen molar-refractivity contribution in [3.8, 4) is 0 Å². The monoisotopic (exact) mass is 209 g/mol. The number of esters is 1. The molecule has 1 heterocycles. The van der Waals surface area contributed by atoms with Crippen LogP contribution in [0.4, 0.5) is 0 Å². The van der Waals surface area contributed by atoms with E-state index in [1.807, 2.05) is 0 Å². The molecule has 84 valence electrons. The second-order valence-corrected chi connectivity index (χ2v) is 4.68. The molecule has 1 atom stereocenters. The summed E-state index contributed by atoms with van der Waals surface area (Å²) in [5.41, 5.74) is 1.40. The highest BCUT2D eigenvalue weighted by Gasteiger charge is 2.24. The van der Waals surface area contributed by atoms with Gasteiger partial charge in [0, 0.05) is 19.0 Å². The summed E-state index contributed by atoms with van der Waals surface area (Å²) in [5.74, 6) is 0.669. The lowest BCUT2D eigenvalue weighted by molar-refractivity contribution is -0.150. The van der Waals surface area contributed by atoms with Crippen LogP contribution in [0.15, 0.2) is 11.6 Å². The molecule has 0 bridgehead atoms. The first-order valence-corrected chi connectivity index (χ1v) is 5.78. The summed E-state index contributed by atoms with van der Waals surface area (Å²) in [6.07, 6.45) is 5.04. The highest BCUT2D eigenvalue weighted by molar-refractivity contribution is 5.72. The van der Waals surface area contributed by atoms with E-state index in [4.69, 9.17) is 4.74 Å². The maximum absolute atomic E-state index is 11.7. The van der Waals surface area contributed by atoms with Crippen molar-refractivity contribution >= 4 is 5.97 Å². The Morgan fingerprint density at radius 2 is 2.40 bits per heavy atom. The Bertz CT molecular complexity index is 269. The van der Waals surface area contributed by atoms with Crippen molar-refractivity contribution in [2.75, 3.05) is 19.7 Å². The average Bonchev–Trinajstić information content (AvgIpc) is 2.16. The Labute approximate surface area is 90.9 Å². The van der Waals surface area contributed by atoms with Gasteiger partial charge < -0.3 is 10.1 Å². The fraction of sp³-hybridized carbons (Fsp3) is 0.750. The number of allylic oxidation sites excluding steroid dienone is 2. The molecule has 1 aliphatic carbocycles. The van der Waals surface area contributed by atoms with E-state index < -0.39 is 0 Å². The molecule has 2 aliphatic rings. The lowest BCUT2D eigenvalue weighted by Crippen LogP contribution is -2.45. The Balaban J connectivity index is 1.71. The highest BCUT2D eigenvalue weighted by Crippen LogP contribution is 2.24. The summed E-state index contributed by atoms with van der Waals surface area (Å²) >= 11 is 0. The van der Waals surface area contributed by atoms with Crippen molar-refractivity contribution in [2.24, 2.45) is 11.8 Å². The SMILES string of the molecule is CC1=CCC(C(=O)OCC2CNC2)CC1. The van der Waals surface area contributed by atoms with E-state index in [9.17, 15) is 4.79 Å². The second-order valence-electron chi connectivity index (χ2n) is 4.68. The molecule has 1 aliphatic heterocycles. The molecule has 3 heteroatoms. The van der Waals surface area contributed by atoms with Crippen LogP contribution in [0.3, 0.4) is 0 Å². The van der Waals surface area contributed by atoms with Gasteiger partial charge in [0.15, 0.2) is 0 Å². The van der Waals surface area contributed by atoms with E-state index in [1.54, 1.807) is 0 Å². The molecule has 15 heavy (non-hydrogen) atoms. The third kappa shape index (κ3) is 2.81. The first kappa shape index (κ1) is 10.7. The summed E-state index contributed by atoms with van der Waals surface area (Å²) in [4.78, 5) is 11.7. The zero-order valence-electron chi connectivity index (χ0n) is 9.29. The molecule has 1 N–H and O–H groups in total. The van der Waals surface area contributed by atoms with Crippen molar-refractivity contribution in [3.05, 3.63) is 11.6 Å². The molecule has 1 fully saturated rings. The minimum atomic E-state index is 0.00523. The predicted molar refractivity (Wildman–Crippen MR) is 58.4 cm³/mol. The summed E-state index contributed by atoms with van der Waals surface area (Å²) in [5, 5.41) is 3.17. The molecular formula is C12H19NO2. The van der Waals surface area contributed by atoms with E-state index in [2.05, 4.69) is 18.3 Å². The maximum Gasteiger partial charge on any atom is 0.309 e. The van der Waals surface area contributed by atoms with Gasteiger partial charge in [0.2, 0.25) is 0 Å². The predicted octanol–water partition coefficient (Wildman–Crippen LogP) is 1.50. The molecule has 0 aromatic carbocycles. The topological polar surface area (TPSA) is 38.3 Å². The van der Waals surface area contributed by atoms with Crippen molar-refractivity contribution < 1.29 is 9.53 Å². The molecule has 0 amide bonds. The first-order valence-electron chi connectivity index (χ1n) is 5.78. The van der Waals surface area contributed by atoms with Crippen molar-refractivity contribution in [2.45, 2.75) is 26.2 Å². The molecule has 1 unspecified atom stereocenters. The van der Waals surface area contributed by atoms with Crippen LogP contribution in [0.5, 0.6) is 0 Å². The highest BCUT2D eigenvalue weighted by atomic mass is 16.5. The van der Waals surface area contributed by atoms with E-state index in [-0.39, 0.29) is 11.9 Å². The molecule has 0 spiro atoms. The number of hydrogen-bond donors (Lipinski definition) is 1. The van der Waals surface area contributed by atoms with Gasteiger partial charge in [0.05, 0.1) is 12.5 Å². The molecule has 2 rings (SSSR count). The molecular weight excluding hydrogens is 190 g/mol. The Kier molecular flexibility index (Phi) is 3.41. The summed E-state index contributed by atoms with van der Waals surface area (Å²) < 4.78 is 5.31. The molecule has 1 saturated heterocycles. The number of carbonyl (C=O) groups excluding carboxylic acids is 1. The van der Waals surface area contributed by atoms with Crippen molar-refractivity contribution in [1.82, 2.24) is 5.32 Å². The van der Waals surface area contributed by atoms with Crippen molar-refractivity contribution in [3.63, 3.8) is 0 Å². The van der Waals surface area contributed by atoms with Crippen LogP contribution in [0.1, 0.15) is 26.2 Å². The van der Waals surface area contributed by atoms with E-state index >= 15 is 0 Å². The first-order chi connectivity index (χ1) is 7.25. The van der Waals surface area contributed by atoms with Gasteiger partial charge in [-0.15, -0.1) is 0 Å². The van der Waals surface area contributed by atoms with Gasteiger partial charge >= 0.3 is 5.97 Å². The standard InChI is InChI=1S/C12H19NO2/c1-9-2-4-11(5-3-9)12(14)15-8-10-6-13-7-10/h2,10-11,13H,3-8H2,1H3. The van der Waals surface area contributed by atoms with Crippen LogP contribution in [0.2, 0.25) is 0 Å². The number of nitrogens with one attached hydrogen (secondary N) is 1. The summed E-state index contributed by atoms with van der Waals surface area (Å²) in [7, 11) is 0. The van der Waals surface area contributed by atoms with Gasteiger partial charge in [0.25, 0.3) is 0 Å². The lowest BCUT2D eigenvalue weighted by Gasteiger charge is -2.27. The molecule has 3 nitrogen and oxygen atoms in total. The fourth-order valence-electron chi connectivity index (χ4n) is 1.96. The van der Waals surface area contributed by atoms with E-state index in [1.165, 1.54) is 5.57 Å². The van der Waals surface area contributed by atoms with Crippen molar-refractivity contribution in [1.29, 1.82) is 0 Å². The molecule has 0 aromatic rings. The van der Waals surface area contributed by atoms with Gasteiger partial charge in [-0.3, -0.25) is 4.79 Å². The Hall–Kier alpha value is -0.830. The maximum atomic E-state index is 11.7. The smallest absolute Gasteiger partial charge is 0.309 e. The average molecular weight is 209 g/mol. The zero-order chi connectivity index (χ0) is 10.7. The number of hydrogen-bond acceptors (Lipinski definition) is 3. The van der Waals surface area contributed by atoms with E-state index in [0.29, 0.717) is 12.5 Å². The van der Waals surface area contributed by atoms with Crippen LogP contribution in [0, 0.1) is 11.8 Å². The number of carbonyl (C=O) groups is 1. The number of rotatable bonds is 3. The molecule has 0 aromatic heterocycles. The third-order valence-electron chi connectivity index (χ3n) is 3.30. The van der Waals surface area contributed by atoms with Crippen LogP contribution in [-0.4, -0.2) is 25.7 Å². The van der Waals surface area contributed by atoms with Crippen LogP contribution in [-0.2, 0) is 9.53 Å². The van der Waals surface area contributed by atoms with E-state index in [0.717, 1.165) is 32.4 Å². The Morgan fingerprint density at radius 3 is 2.93 bits per heavy atom. The molecule has 0 radical (unpaired) electrons. The van der Waals surface area contributed by atoms with Gasteiger partial charge in [0.1, 0.15) is 0 Å². The third-order valence-corrected chi connectivity index (χ3v) is 3.30. The minimum Gasteiger partial charge on any atom is -0.465 e. The van der Waals surface area contributed by atoms with Crippen LogP contribution in [0.25, 0.3) is 0 Å². The van der Waals surface area contributed by atoms with Gasteiger partial charge in [-0.05, 0) is 26.2 Å². The van der Waals surface area contributed by atoms with Gasteiger partial charge in [-0.2, -0.15) is 0 Å². The summed E-state index contributed by atoms with van der Waals surface area (Å²) in [6.45, 7) is 4.72. The second kappa shape index (κ2) is 4.79. The number of ether oxygens (including phenoxy) is 1. The van der Waals surface area contributed by atoms with Gasteiger partial charge in [-0.25, -0.2) is 0 Å². The molecule has 0 saturated carbocycles. The fourth-order valence-corrected chi connectivity index (χ4v) is 1.96. The van der Waals surface area contributed by atoms with Crippen LogP contribution < -0.4 is 5.32 Å².